The van der Waals surface area contributed by atoms with Crippen molar-refractivity contribution in [3.8, 4) is 0 Å². The molecule has 0 saturated carbocycles. The van der Waals surface area contributed by atoms with E-state index in [2.05, 4.69) is 44.3 Å². The molecular weight excluding hydrogens is 248 g/mol. The standard InChI is InChI=1S/C17H26N2O/c1-4-5-16(15-7-6-13(2)14(3)12-15)17(20)19-10-8-18-9-11-19/h6-7,12,16,18H,4-5,8-11H2,1-3H3. The summed E-state index contributed by atoms with van der Waals surface area (Å²) in [5, 5.41) is 3.30. The first-order valence-electron chi connectivity index (χ1n) is 7.70. The number of nitrogens with zero attached hydrogens (tertiary/aromatic N) is 1. The molecule has 110 valence electrons. The molecule has 0 aliphatic carbocycles. The molecule has 1 N–H and O–H groups in total. The van der Waals surface area contributed by atoms with Gasteiger partial charge in [0.1, 0.15) is 0 Å². The summed E-state index contributed by atoms with van der Waals surface area (Å²) in [7, 11) is 0. The third-order valence-electron chi connectivity index (χ3n) is 4.24. The maximum atomic E-state index is 12.8. The van der Waals surface area contributed by atoms with E-state index < -0.39 is 0 Å². The van der Waals surface area contributed by atoms with Gasteiger partial charge in [0.2, 0.25) is 5.91 Å². The van der Waals surface area contributed by atoms with Gasteiger partial charge in [0.25, 0.3) is 0 Å². The van der Waals surface area contributed by atoms with Crippen LogP contribution in [0.3, 0.4) is 0 Å². The topological polar surface area (TPSA) is 32.3 Å². The second kappa shape index (κ2) is 6.89. The zero-order chi connectivity index (χ0) is 14.5. The van der Waals surface area contributed by atoms with Gasteiger partial charge < -0.3 is 10.2 Å². The van der Waals surface area contributed by atoms with Crippen molar-refractivity contribution < 1.29 is 4.79 Å². The molecule has 1 aliphatic rings. The van der Waals surface area contributed by atoms with Gasteiger partial charge in [0.05, 0.1) is 5.92 Å². The molecule has 1 unspecified atom stereocenters. The predicted octanol–water partition coefficient (Wildman–Crippen LogP) is 2.62. The van der Waals surface area contributed by atoms with E-state index in [1.54, 1.807) is 0 Å². The zero-order valence-corrected chi connectivity index (χ0v) is 12.9. The normalized spacial score (nSPS) is 17.1. The minimum absolute atomic E-state index is 0.0254. The first-order chi connectivity index (χ1) is 9.63. The van der Waals surface area contributed by atoms with Crippen LogP contribution in [-0.2, 0) is 4.79 Å². The summed E-state index contributed by atoms with van der Waals surface area (Å²) >= 11 is 0. The molecular formula is C17H26N2O. The minimum atomic E-state index is 0.0254. The molecule has 0 aromatic heterocycles. The fraction of sp³-hybridized carbons (Fsp3) is 0.588. The van der Waals surface area contributed by atoms with Crippen LogP contribution in [0.15, 0.2) is 18.2 Å². The van der Waals surface area contributed by atoms with Crippen molar-refractivity contribution in [1.29, 1.82) is 0 Å². The minimum Gasteiger partial charge on any atom is -0.340 e. The number of carbonyl (C=O) groups is 1. The zero-order valence-electron chi connectivity index (χ0n) is 12.9. The van der Waals surface area contributed by atoms with E-state index in [-0.39, 0.29) is 5.92 Å². The fourth-order valence-electron chi connectivity index (χ4n) is 2.81. The lowest BCUT2D eigenvalue weighted by atomic mass is 9.90. The van der Waals surface area contributed by atoms with Crippen LogP contribution in [0.25, 0.3) is 0 Å². The van der Waals surface area contributed by atoms with Crippen molar-refractivity contribution in [1.82, 2.24) is 10.2 Å². The summed E-state index contributed by atoms with van der Waals surface area (Å²) in [5.41, 5.74) is 3.74. The second-order valence-electron chi connectivity index (χ2n) is 5.76. The Morgan fingerprint density at radius 3 is 2.55 bits per heavy atom. The fourth-order valence-corrected chi connectivity index (χ4v) is 2.81. The van der Waals surface area contributed by atoms with Crippen LogP contribution in [0.1, 0.15) is 42.4 Å². The lowest BCUT2D eigenvalue weighted by molar-refractivity contribution is -0.133. The highest BCUT2D eigenvalue weighted by Gasteiger charge is 2.26. The van der Waals surface area contributed by atoms with E-state index in [4.69, 9.17) is 0 Å². The van der Waals surface area contributed by atoms with Crippen molar-refractivity contribution in [2.24, 2.45) is 0 Å². The molecule has 2 rings (SSSR count). The third kappa shape index (κ3) is 3.40. The Labute approximate surface area is 122 Å². The number of benzene rings is 1. The lowest BCUT2D eigenvalue weighted by Crippen LogP contribution is -2.48. The number of aryl methyl sites for hydroxylation is 2. The summed E-state index contributed by atoms with van der Waals surface area (Å²) in [6.07, 6.45) is 1.97. The average molecular weight is 274 g/mol. The van der Waals surface area contributed by atoms with Crippen molar-refractivity contribution in [3.63, 3.8) is 0 Å². The van der Waals surface area contributed by atoms with Gasteiger partial charge in [-0.05, 0) is 37.0 Å². The Morgan fingerprint density at radius 2 is 1.95 bits per heavy atom. The molecule has 1 saturated heterocycles. The van der Waals surface area contributed by atoms with Gasteiger partial charge >= 0.3 is 0 Å². The van der Waals surface area contributed by atoms with E-state index in [9.17, 15) is 4.79 Å². The summed E-state index contributed by atoms with van der Waals surface area (Å²) in [6.45, 7) is 9.89. The molecule has 0 spiro atoms. The van der Waals surface area contributed by atoms with Gasteiger partial charge in [0, 0.05) is 26.2 Å². The maximum Gasteiger partial charge on any atom is 0.230 e. The van der Waals surface area contributed by atoms with Crippen molar-refractivity contribution in [2.45, 2.75) is 39.5 Å². The van der Waals surface area contributed by atoms with Crippen LogP contribution in [0.2, 0.25) is 0 Å². The molecule has 1 amide bonds. The molecule has 1 aliphatic heterocycles. The third-order valence-corrected chi connectivity index (χ3v) is 4.24. The number of hydrogen-bond acceptors (Lipinski definition) is 2. The highest BCUT2D eigenvalue weighted by molar-refractivity contribution is 5.84. The number of nitrogens with one attached hydrogen (secondary N) is 1. The van der Waals surface area contributed by atoms with Crippen molar-refractivity contribution in [2.75, 3.05) is 26.2 Å². The summed E-state index contributed by atoms with van der Waals surface area (Å²) in [4.78, 5) is 14.8. The Morgan fingerprint density at radius 1 is 1.25 bits per heavy atom. The maximum absolute atomic E-state index is 12.8. The number of amides is 1. The molecule has 1 heterocycles. The first-order valence-corrected chi connectivity index (χ1v) is 7.70. The second-order valence-corrected chi connectivity index (χ2v) is 5.76. The SMILES string of the molecule is CCCC(C(=O)N1CCNCC1)c1ccc(C)c(C)c1. The molecule has 1 fully saturated rings. The van der Waals surface area contributed by atoms with Gasteiger partial charge in [-0.2, -0.15) is 0 Å². The smallest absolute Gasteiger partial charge is 0.230 e. The van der Waals surface area contributed by atoms with Crippen LogP contribution < -0.4 is 5.32 Å². The van der Waals surface area contributed by atoms with E-state index >= 15 is 0 Å². The van der Waals surface area contributed by atoms with Crippen LogP contribution >= 0.6 is 0 Å². The Hall–Kier alpha value is -1.35. The summed E-state index contributed by atoms with van der Waals surface area (Å²) in [6, 6.07) is 6.46. The van der Waals surface area contributed by atoms with Gasteiger partial charge in [-0.1, -0.05) is 31.5 Å². The van der Waals surface area contributed by atoms with Gasteiger partial charge in [0.15, 0.2) is 0 Å². The molecule has 1 aromatic rings. The van der Waals surface area contributed by atoms with Gasteiger partial charge in [-0.3, -0.25) is 4.79 Å². The van der Waals surface area contributed by atoms with Crippen LogP contribution in [-0.4, -0.2) is 37.0 Å². The molecule has 3 nitrogen and oxygen atoms in total. The first kappa shape index (κ1) is 15.0. The summed E-state index contributed by atoms with van der Waals surface area (Å²) in [5.74, 6) is 0.328. The van der Waals surface area contributed by atoms with Gasteiger partial charge in [-0.25, -0.2) is 0 Å². The average Bonchev–Trinajstić information content (AvgIpc) is 2.48. The summed E-state index contributed by atoms with van der Waals surface area (Å²) < 4.78 is 0. The number of rotatable bonds is 4. The Balaban J connectivity index is 2.20. The molecule has 3 heteroatoms. The van der Waals surface area contributed by atoms with Crippen LogP contribution in [0.5, 0.6) is 0 Å². The van der Waals surface area contributed by atoms with Crippen molar-refractivity contribution >= 4 is 5.91 Å². The Bertz CT molecular complexity index is 464. The lowest BCUT2D eigenvalue weighted by Gasteiger charge is -2.31. The number of piperazine rings is 1. The molecule has 0 bridgehead atoms. The van der Waals surface area contributed by atoms with E-state index in [1.165, 1.54) is 16.7 Å². The van der Waals surface area contributed by atoms with E-state index in [1.807, 2.05) is 4.90 Å². The van der Waals surface area contributed by atoms with Crippen LogP contribution in [0, 0.1) is 13.8 Å². The quantitative estimate of drug-likeness (QED) is 0.915. The van der Waals surface area contributed by atoms with Gasteiger partial charge in [-0.15, -0.1) is 0 Å². The number of carbonyl (C=O) groups excluding carboxylic acids is 1. The van der Waals surface area contributed by atoms with Crippen LogP contribution in [0.4, 0.5) is 0 Å². The Kier molecular flexibility index (Phi) is 5.18. The number of hydrogen-bond donors (Lipinski definition) is 1. The van der Waals surface area contributed by atoms with E-state index in [0.29, 0.717) is 5.91 Å². The van der Waals surface area contributed by atoms with E-state index in [0.717, 1.165) is 39.0 Å². The predicted molar refractivity (Wildman–Crippen MR) is 83.0 cm³/mol. The molecule has 20 heavy (non-hydrogen) atoms. The molecule has 1 atom stereocenters. The monoisotopic (exact) mass is 274 g/mol. The highest BCUT2D eigenvalue weighted by atomic mass is 16.2. The van der Waals surface area contributed by atoms with Crippen molar-refractivity contribution in [3.05, 3.63) is 34.9 Å². The highest BCUT2D eigenvalue weighted by Crippen LogP contribution is 2.26. The molecule has 0 radical (unpaired) electrons. The largest absolute Gasteiger partial charge is 0.340 e. The molecule has 1 aromatic carbocycles.